The van der Waals surface area contributed by atoms with Crippen LogP contribution in [0.4, 0.5) is 0 Å². The molecule has 0 bridgehead atoms. The van der Waals surface area contributed by atoms with Gasteiger partial charge in [-0.2, -0.15) is 0 Å². The highest BCUT2D eigenvalue weighted by Gasteiger charge is 2.21. The molecule has 0 aromatic heterocycles. The van der Waals surface area contributed by atoms with E-state index in [0.29, 0.717) is 13.1 Å². The predicted octanol–water partition coefficient (Wildman–Crippen LogP) is 1.02. The molecule has 7 heteroatoms. The number of benzene rings is 1. The second kappa shape index (κ2) is 8.98. The van der Waals surface area contributed by atoms with Crippen molar-refractivity contribution in [3.63, 3.8) is 0 Å². The lowest BCUT2D eigenvalue weighted by Gasteiger charge is -2.26. The molecule has 25 heavy (non-hydrogen) atoms. The molecule has 0 N–H and O–H groups in total. The summed E-state index contributed by atoms with van der Waals surface area (Å²) in [6, 6.07) is 8.15. The van der Waals surface area contributed by atoms with E-state index >= 15 is 0 Å². The minimum absolute atomic E-state index is 0.275. The van der Waals surface area contributed by atoms with Gasteiger partial charge in [-0.05, 0) is 24.1 Å². The Morgan fingerprint density at radius 3 is 2.32 bits per heavy atom. The lowest BCUT2D eigenvalue weighted by molar-refractivity contribution is 0.0358. The highest BCUT2D eigenvalue weighted by Crippen LogP contribution is 2.15. The number of ether oxygens (including phenoxy) is 2. The maximum absolute atomic E-state index is 11.5. The Morgan fingerprint density at radius 1 is 0.960 bits per heavy atom. The van der Waals surface area contributed by atoms with Gasteiger partial charge >= 0.3 is 0 Å². The van der Waals surface area contributed by atoms with Crippen LogP contribution in [0.25, 0.3) is 0 Å². The highest BCUT2D eigenvalue weighted by atomic mass is 32.2. The summed E-state index contributed by atoms with van der Waals surface area (Å²) >= 11 is 0. The zero-order chi connectivity index (χ0) is 17.5. The SMILES string of the molecule is O=S1(=O)CCN(Cc2ccc(OCCCN3CCOCC3)cc2)CC1. The van der Waals surface area contributed by atoms with E-state index in [1.165, 1.54) is 5.56 Å². The Bertz CT molecular complexity index is 613. The summed E-state index contributed by atoms with van der Waals surface area (Å²) in [5.74, 6) is 1.45. The lowest BCUT2D eigenvalue weighted by Crippen LogP contribution is -2.39. The first-order chi connectivity index (χ1) is 12.1. The number of hydrogen-bond acceptors (Lipinski definition) is 6. The summed E-state index contributed by atoms with van der Waals surface area (Å²) in [4.78, 5) is 4.61. The van der Waals surface area contributed by atoms with Gasteiger partial charge in [0.2, 0.25) is 0 Å². The third-order valence-corrected chi connectivity index (χ3v) is 6.37. The summed E-state index contributed by atoms with van der Waals surface area (Å²) in [5, 5.41) is 0. The number of sulfone groups is 1. The molecular formula is C18H28N2O4S. The molecule has 2 fully saturated rings. The molecule has 0 atom stereocenters. The third kappa shape index (κ3) is 6.26. The van der Waals surface area contributed by atoms with Crippen LogP contribution in [0.3, 0.4) is 0 Å². The van der Waals surface area contributed by atoms with Crippen molar-refractivity contribution in [1.29, 1.82) is 0 Å². The second-order valence-electron chi connectivity index (χ2n) is 6.73. The van der Waals surface area contributed by atoms with Crippen LogP contribution < -0.4 is 4.74 Å². The summed E-state index contributed by atoms with van der Waals surface area (Å²) in [5.41, 5.74) is 1.19. The molecule has 0 saturated carbocycles. The van der Waals surface area contributed by atoms with Crippen molar-refractivity contribution in [1.82, 2.24) is 9.80 Å². The Kier molecular flexibility index (Phi) is 6.70. The molecule has 3 rings (SSSR count). The number of nitrogens with zero attached hydrogens (tertiary/aromatic N) is 2. The summed E-state index contributed by atoms with van der Waals surface area (Å²) in [6.45, 7) is 7.55. The second-order valence-corrected chi connectivity index (χ2v) is 9.03. The van der Waals surface area contributed by atoms with Gasteiger partial charge < -0.3 is 9.47 Å². The summed E-state index contributed by atoms with van der Waals surface area (Å²) < 4.78 is 34.1. The minimum Gasteiger partial charge on any atom is -0.494 e. The highest BCUT2D eigenvalue weighted by molar-refractivity contribution is 7.91. The maximum Gasteiger partial charge on any atom is 0.152 e. The van der Waals surface area contributed by atoms with Crippen LogP contribution in [-0.2, 0) is 21.1 Å². The van der Waals surface area contributed by atoms with E-state index in [1.54, 1.807) is 0 Å². The summed E-state index contributed by atoms with van der Waals surface area (Å²) in [6.07, 6.45) is 1.02. The Labute approximate surface area is 150 Å². The molecule has 1 aromatic carbocycles. The standard InChI is InChI=1S/C18H28N2O4S/c21-25(22)14-9-20(10-15-25)16-17-2-4-18(5-3-17)24-11-1-6-19-7-12-23-13-8-19/h2-5H,1,6-16H2. The largest absolute Gasteiger partial charge is 0.494 e. The van der Waals surface area contributed by atoms with Gasteiger partial charge in [0.15, 0.2) is 9.84 Å². The molecule has 0 unspecified atom stereocenters. The minimum atomic E-state index is -2.81. The van der Waals surface area contributed by atoms with Crippen LogP contribution in [0.5, 0.6) is 5.75 Å². The van der Waals surface area contributed by atoms with Gasteiger partial charge in [0, 0.05) is 39.3 Å². The van der Waals surface area contributed by atoms with Crippen molar-refractivity contribution in [2.45, 2.75) is 13.0 Å². The van der Waals surface area contributed by atoms with Gasteiger partial charge in [0.1, 0.15) is 5.75 Å². The Balaban J connectivity index is 1.35. The van der Waals surface area contributed by atoms with Crippen LogP contribution in [-0.4, -0.2) is 82.3 Å². The molecule has 0 amide bonds. The molecular weight excluding hydrogens is 340 g/mol. The molecule has 140 valence electrons. The molecule has 0 spiro atoms. The maximum atomic E-state index is 11.5. The van der Waals surface area contributed by atoms with Gasteiger partial charge in [-0.1, -0.05) is 12.1 Å². The van der Waals surface area contributed by atoms with Crippen LogP contribution in [0.15, 0.2) is 24.3 Å². The van der Waals surface area contributed by atoms with Crippen LogP contribution >= 0.6 is 0 Å². The van der Waals surface area contributed by atoms with Crippen LogP contribution in [0.1, 0.15) is 12.0 Å². The first kappa shape index (κ1) is 18.6. The smallest absolute Gasteiger partial charge is 0.152 e. The van der Waals surface area contributed by atoms with E-state index in [4.69, 9.17) is 9.47 Å². The molecule has 6 nitrogen and oxygen atoms in total. The monoisotopic (exact) mass is 368 g/mol. The average molecular weight is 368 g/mol. The van der Waals surface area contributed by atoms with Crippen molar-refractivity contribution in [3.05, 3.63) is 29.8 Å². The van der Waals surface area contributed by atoms with Crippen molar-refractivity contribution < 1.29 is 17.9 Å². The number of rotatable bonds is 7. The van der Waals surface area contributed by atoms with E-state index in [1.807, 2.05) is 12.1 Å². The van der Waals surface area contributed by atoms with Crippen LogP contribution in [0, 0.1) is 0 Å². The first-order valence-electron chi connectivity index (χ1n) is 9.05. The average Bonchev–Trinajstić information content (AvgIpc) is 2.63. The first-order valence-corrected chi connectivity index (χ1v) is 10.9. The molecule has 0 aliphatic carbocycles. The molecule has 2 saturated heterocycles. The predicted molar refractivity (Wildman–Crippen MR) is 97.7 cm³/mol. The van der Waals surface area contributed by atoms with E-state index in [9.17, 15) is 8.42 Å². The molecule has 2 aliphatic rings. The molecule has 2 aliphatic heterocycles. The van der Waals surface area contributed by atoms with E-state index in [-0.39, 0.29) is 11.5 Å². The van der Waals surface area contributed by atoms with Crippen LogP contribution in [0.2, 0.25) is 0 Å². The van der Waals surface area contributed by atoms with Gasteiger partial charge in [-0.15, -0.1) is 0 Å². The summed E-state index contributed by atoms with van der Waals surface area (Å²) in [7, 11) is -2.81. The number of hydrogen-bond donors (Lipinski definition) is 0. The van der Waals surface area contributed by atoms with E-state index in [0.717, 1.165) is 58.2 Å². The molecule has 0 radical (unpaired) electrons. The van der Waals surface area contributed by atoms with Crippen molar-refractivity contribution in [2.24, 2.45) is 0 Å². The normalized spacial score (nSPS) is 21.9. The molecule has 2 heterocycles. The van der Waals surface area contributed by atoms with Crippen molar-refractivity contribution >= 4 is 9.84 Å². The van der Waals surface area contributed by atoms with Gasteiger partial charge in [0.25, 0.3) is 0 Å². The Morgan fingerprint density at radius 2 is 1.64 bits per heavy atom. The quantitative estimate of drug-likeness (QED) is 0.670. The van der Waals surface area contributed by atoms with E-state index < -0.39 is 9.84 Å². The van der Waals surface area contributed by atoms with E-state index in [2.05, 4.69) is 21.9 Å². The fourth-order valence-corrected chi connectivity index (χ4v) is 4.44. The molecule has 1 aromatic rings. The van der Waals surface area contributed by atoms with Gasteiger partial charge in [-0.3, -0.25) is 9.80 Å². The van der Waals surface area contributed by atoms with Crippen molar-refractivity contribution in [3.8, 4) is 5.75 Å². The third-order valence-electron chi connectivity index (χ3n) is 4.76. The zero-order valence-electron chi connectivity index (χ0n) is 14.7. The number of morpholine rings is 1. The fraction of sp³-hybridized carbons (Fsp3) is 0.667. The van der Waals surface area contributed by atoms with Gasteiger partial charge in [-0.25, -0.2) is 8.42 Å². The zero-order valence-corrected chi connectivity index (χ0v) is 15.5. The topological polar surface area (TPSA) is 59.1 Å². The lowest BCUT2D eigenvalue weighted by atomic mass is 10.2. The van der Waals surface area contributed by atoms with Gasteiger partial charge in [0.05, 0.1) is 31.3 Å². The fourth-order valence-electron chi connectivity index (χ4n) is 3.16. The Hall–Kier alpha value is -1.15. The van der Waals surface area contributed by atoms with Crippen molar-refractivity contribution in [2.75, 3.05) is 64.1 Å².